The van der Waals surface area contributed by atoms with Crippen molar-refractivity contribution < 1.29 is 0 Å². The van der Waals surface area contributed by atoms with Gasteiger partial charge in [-0.25, -0.2) is 4.98 Å². The standard InChI is InChI=1S/C12H18Br2N2/c1-10-11(14)6-7-12(15-10)16(2)9-5-3-4-8-13/h6-7H,3-5,8-9H2,1-2H3. The topological polar surface area (TPSA) is 16.1 Å². The first kappa shape index (κ1) is 14.0. The van der Waals surface area contributed by atoms with Crippen LogP contribution in [0.1, 0.15) is 25.0 Å². The van der Waals surface area contributed by atoms with Crippen LogP contribution in [-0.4, -0.2) is 23.9 Å². The summed E-state index contributed by atoms with van der Waals surface area (Å²) >= 11 is 6.91. The molecule has 16 heavy (non-hydrogen) atoms. The number of alkyl halides is 1. The number of halogens is 2. The van der Waals surface area contributed by atoms with Gasteiger partial charge in [0.05, 0.1) is 5.69 Å². The minimum atomic E-state index is 1.05. The second-order valence-corrected chi connectivity index (χ2v) is 5.56. The van der Waals surface area contributed by atoms with E-state index in [2.05, 4.69) is 60.9 Å². The van der Waals surface area contributed by atoms with E-state index in [0.717, 1.165) is 27.9 Å². The average molecular weight is 350 g/mol. The van der Waals surface area contributed by atoms with Crippen LogP contribution in [-0.2, 0) is 0 Å². The molecule has 0 atom stereocenters. The quantitative estimate of drug-likeness (QED) is 0.566. The number of hydrogen-bond donors (Lipinski definition) is 0. The van der Waals surface area contributed by atoms with Crippen LogP contribution in [0.25, 0.3) is 0 Å². The molecule has 2 nitrogen and oxygen atoms in total. The molecule has 0 bridgehead atoms. The molecule has 1 heterocycles. The lowest BCUT2D eigenvalue weighted by Gasteiger charge is -2.18. The van der Waals surface area contributed by atoms with Crippen molar-refractivity contribution in [3.63, 3.8) is 0 Å². The van der Waals surface area contributed by atoms with Gasteiger partial charge in [-0.05, 0) is 47.8 Å². The number of hydrogen-bond acceptors (Lipinski definition) is 2. The van der Waals surface area contributed by atoms with Gasteiger partial charge >= 0.3 is 0 Å². The highest BCUT2D eigenvalue weighted by molar-refractivity contribution is 9.10. The Morgan fingerprint density at radius 1 is 1.25 bits per heavy atom. The summed E-state index contributed by atoms with van der Waals surface area (Å²) < 4.78 is 1.07. The fourth-order valence-corrected chi connectivity index (χ4v) is 2.10. The zero-order valence-corrected chi connectivity index (χ0v) is 13.0. The van der Waals surface area contributed by atoms with Crippen molar-refractivity contribution in [3.8, 4) is 0 Å². The largest absolute Gasteiger partial charge is 0.360 e. The first-order valence-corrected chi connectivity index (χ1v) is 7.47. The van der Waals surface area contributed by atoms with E-state index in [1.165, 1.54) is 19.3 Å². The molecule has 90 valence electrons. The third-order valence-electron chi connectivity index (χ3n) is 2.52. The highest BCUT2D eigenvalue weighted by Gasteiger charge is 2.03. The van der Waals surface area contributed by atoms with Crippen LogP contribution >= 0.6 is 31.9 Å². The SMILES string of the molecule is Cc1nc(N(C)CCCCCBr)ccc1Br. The lowest BCUT2D eigenvalue weighted by Crippen LogP contribution is -2.19. The Morgan fingerprint density at radius 3 is 2.62 bits per heavy atom. The van der Waals surface area contributed by atoms with E-state index in [1.807, 2.05) is 6.92 Å². The molecule has 0 amide bonds. The minimum absolute atomic E-state index is 1.05. The van der Waals surface area contributed by atoms with Gasteiger partial charge in [0.25, 0.3) is 0 Å². The van der Waals surface area contributed by atoms with Crippen LogP contribution in [0.5, 0.6) is 0 Å². The Hall–Kier alpha value is -0.0900. The predicted octanol–water partition coefficient (Wildman–Crippen LogP) is 4.15. The Labute approximate surface area is 115 Å². The number of aryl methyl sites for hydroxylation is 1. The summed E-state index contributed by atoms with van der Waals surface area (Å²) in [6.45, 7) is 3.09. The van der Waals surface area contributed by atoms with Gasteiger partial charge in [0.2, 0.25) is 0 Å². The Bertz CT molecular complexity index is 329. The zero-order chi connectivity index (χ0) is 12.0. The molecule has 0 N–H and O–H groups in total. The number of nitrogens with zero attached hydrogens (tertiary/aromatic N) is 2. The van der Waals surface area contributed by atoms with Crippen molar-refractivity contribution >= 4 is 37.7 Å². The van der Waals surface area contributed by atoms with Crippen LogP contribution in [0.3, 0.4) is 0 Å². The third kappa shape index (κ3) is 4.42. The molecule has 0 unspecified atom stereocenters. The van der Waals surface area contributed by atoms with Gasteiger partial charge in [0, 0.05) is 23.4 Å². The number of pyridine rings is 1. The molecule has 1 rings (SSSR count). The monoisotopic (exact) mass is 348 g/mol. The van der Waals surface area contributed by atoms with Gasteiger partial charge in [-0.15, -0.1) is 0 Å². The smallest absolute Gasteiger partial charge is 0.128 e. The van der Waals surface area contributed by atoms with Gasteiger partial charge in [-0.1, -0.05) is 22.4 Å². The minimum Gasteiger partial charge on any atom is -0.360 e. The van der Waals surface area contributed by atoms with Gasteiger partial charge in [0.15, 0.2) is 0 Å². The predicted molar refractivity (Wildman–Crippen MR) is 77.6 cm³/mol. The summed E-state index contributed by atoms with van der Waals surface area (Å²) in [6.07, 6.45) is 3.74. The fraction of sp³-hybridized carbons (Fsp3) is 0.583. The molecule has 0 aliphatic rings. The molecule has 4 heteroatoms. The molecule has 0 aliphatic heterocycles. The van der Waals surface area contributed by atoms with Crippen molar-refractivity contribution in [2.45, 2.75) is 26.2 Å². The molecule has 0 radical (unpaired) electrons. The highest BCUT2D eigenvalue weighted by atomic mass is 79.9. The Kier molecular flexibility index (Phi) is 6.36. The Balaban J connectivity index is 2.46. The van der Waals surface area contributed by atoms with Crippen molar-refractivity contribution in [2.24, 2.45) is 0 Å². The van der Waals surface area contributed by atoms with E-state index in [0.29, 0.717) is 0 Å². The van der Waals surface area contributed by atoms with Crippen LogP contribution in [0.4, 0.5) is 5.82 Å². The molecule has 0 fully saturated rings. The van der Waals surface area contributed by atoms with Gasteiger partial charge in [-0.3, -0.25) is 0 Å². The molecule has 0 saturated carbocycles. The molecule has 1 aromatic rings. The maximum atomic E-state index is 4.54. The fourth-order valence-electron chi connectivity index (χ4n) is 1.48. The normalized spacial score (nSPS) is 10.5. The van der Waals surface area contributed by atoms with Crippen LogP contribution in [0, 0.1) is 6.92 Å². The van der Waals surface area contributed by atoms with Gasteiger partial charge < -0.3 is 4.90 Å². The van der Waals surface area contributed by atoms with Crippen molar-refractivity contribution in [2.75, 3.05) is 23.8 Å². The average Bonchev–Trinajstić information content (AvgIpc) is 2.28. The summed E-state index contributed by atoms with van der Waals surface area (Å²) in [5.74, 6) is 1.06. The summed E-state index contributed by atoms with van der Waals surface area (Å²) in [4.78, 5) is 6.76. The summed E-state index contributed by atoms with van der Waals surface area (Å²) in [5.41, 5.74) is 1.05. The number of anilines is 1. The lowest BCUT2D eigenvalue weighted by atomic mass is 10.2. The van der Waals surface area contributed by atoms with Gasteiger partial charge in [0.1, 0.15) is 5.82 Å². The van der Waals surface area contributed by atoms with Crippen molar-refractivity contribution in [3.05, 3.63) is 22.3 Å². The number of aromatic nitrogens is 1. The highest BCUT2D eigenvalue weighted by Crippen LogP contribution is 2.18. The van der Waals surface area contributed by atoms with E-state index in [1.54, 1.807) is 0 Å². The number of unbranched alkanes of at least 4 members (excludes halogenated alkanes) is 2. The molecule has 0 saturated heterocycles. The summed E-state index contributed by atoms with van der Waals surface area (Å²) in [7, 11) is 2.10. The van der Waals surface area contributed by atoms with E-state index >= 15 is 0 Å². The van der Waals surface area contributed by atoms with Crippen molar-refractivity contribution in [1.29, 1.82) is 0 Å². The Morgan fingerprint density at radius 2 is 2.00 bits per heavy atom. The van der Waals surface area contributed by atoms with Crippen LogP contribution in [0.2, 0.25) is 0 Å². The molecular weight excluding hydrogens is 332 g/mol. The van der Waals surface area contributed by atoms with Gasteiger partial charge in [-0.2, -0.15) is 0 Å². The molecule has 0 spiro atoms. The lowest BCUT2D eigenvalue weighted by molar-refractivity contribution is 0.706. The molecule has 1 aromatic heterocycles. The third-order valence-corrected chi connectivity index (χ3v) is 3.92. The molecule has 0 aliphatic carbocycles. The maximum absolute atomic E-state index is 4.54. The van der Waals surface area contributed by atoms with E-state index in [9.17, 15) is 0 Å². The summed E-state index contributed by atoms with van der Waals surface area (Å²) in [6, 6.07) is 4.12. The molecule has 0 aromatic carbocycles. The van der Waals surface area contributed by atoms with E-state index < -0.39 is 0 Å². The van der Waals surface area contributed by atoms with Crippen molar-refractivity contribution in [1.82, 2.24) is 4.98 Å². The zero-order valence-electron chi connectivity index (χ0n) is 9.84. The van der Waals surface area contributed by atoms with E-state index in [4.69, 9.17) is 0 Å². The molecular formula is C12H18Br2N2. The summed E-state index contributed by atoms with van der Waals surface area (Å²) in [5, 5.41) is 1.10. The first-order valence-electron chi connectivity index (χ1n) is 5.55. The maximum Gasteiger partial charge on any atom is 0.128 e. The van der Waals surface area contributed by atoms with E-state index in [-0.39, 0.29) is 0 Å². The van der Waals surface area contributed by atoms with Crippen LogP contribution < -0.4 is 4.90 Å². The second kappa shape index (κ2) is 7.28. The van der Waals surface area contributed by atoms with Crippen LogP contribution in [0.15, 0.2) is 16.6 Å². The number of rotatable bonds is 6. The first-order chi connectivity index (χ1) is 7.65. The second-order valence-electron chi connectivity index (χ2n) is 3.91.